The molecule has 0 fully saturated rings. The number of rotatable bonds is 7. The van der Waals surface area contributed by atoms with Crippen LogP contribution in [0.15, 0.2) is 18.3 Å². The Balaban J connectivity index is 2.75. The van der Waals surface area contributed by atoms with Crippen molar-refractivity contribution in [2.24, 2.45) is 5.92 Å². The summed E-state index contributed by atoms with van der Waals surface area (Å²) in [6, 6.07) is 4.07. The lowest BCUT2D eigenvalue weighted by Crippen LogP contribution is -2.24. The Bertz CT molecular complexity index is 328. The van der Waals surface area contributed by atoms with Gasteiger partial charge in [-0.2, -0.15) is 0 Å². The van der Waals surface area contributed by atoms with Crippen LogP contribution in [0.25, 0.3) is 0 Å². The van der Waals surface area contributed by atoms with E-state index in [0.29, 0.717) is 5.92 Å². The predicted octanol–water partition coefficient (Wildman–Crippen LogP) is 4.21. The topological polar surface area (TPSA) is 24.9 Å². The van der Waals surface area contributed by atoms with E-state index in [1.807, 2.05) is 18.3 Å². The summed E-state index contributed by atoms with van der Waals surface area (Å²) in [6.07, 6.45) is 5.40. The molecule has 2 atom stereocenters. The van der Waals surface area contributed by atoms with E-state index in [2.05, 4.69) is 31.1 Å². The van der Waals surface area contributed by atoms with Crippen LogP contribution in [0.4, 0.5) is 0 Å². The summed E-state index contributed by atoms with van der Waals surface area (Å²) in [5.41, 5.74) is 0.985. The number of hydrogen-bond acceptors (Lipinski definition) is 2. The van der Waals surface area contributed by atoms with Gasteiger partial charge in [0.1, 0.15) is 0 Å². The van der Waals surface area contributed by atoms with Crippen molar-refractivity contribution in [3.63, 3.8) is 0 Å². The van der Waals surface area contributed by atoms with Gasteiger partial charge in [0, 0.05) is 6.20 Å². The van der Waals surface area contributed by atoms with Crippen LogP contribution in [0.5, 0.6) is 0 Å². The maximum atomic E-state index is 6.21. The summed E-state index contributed by atoms with van der Waals surface area (Å²) >= 11 is 6.21. The van der Waals surface area contributed by atoms with Gasteiger partial charge in [-0.3, -0.25) is 4.98 Å². The molecule has 0 radical (unpaired) electrons. The Morgan fingerprint density at radius 1 is 1.41 bits per heavy atom. The summed E-state index contributed by atoms with van der Waals surface area (Å²) in [6.45, 7) is 7.59. The highest BCUT2D eigenvalue weighted by molar-refractivity contribution is 6.31. The van der Waals surface area contributed by atoms with Crippen LogP contribution >= 0.6 is 11.6 Å². The normalized spacial score (nSPS) is 14.6. The smallest absolute Gasteiger partial charge is 0.0759 e. The van der Waals surface area contributed by atoms with Crippen LogP contribution in [-0.4, -0.2) is 11.5 Å². The summed E-state index contributed by atoms with van der Waals surface area (Å²) in [7, 11) is 0. The number of nitrogens with one attached hydrogen (secondary N) is 1. The number of nitrogens with zero attached hydrogens (tertiary/aromatic N) is 1. The molecule has 17 heavy (non-hydrogen) atoms. The predicted molar refractivity (Wildman–Crippen MR) is 74.4 cm³/mol. The van der Waals surface area contributed by atoms with Gasteiger partial charge in [0.2, 0.25) is 0 Å². The summed E-state index contributed by atoms with van der Waals surface area (Å²) in [4.78, 5) is 4.42. The molecular weight excluding hydrogens is 232 g/mol. The molecule has 0 aliphatic carbocycles. The minimum atomic E-state index is 0.273. The largest absolute Gasteiger partial charge is 0.309 e. The Hall–Kier alpha value is -0.600. The van der Waals surface area contributed by atoms with E-state index in [0.717, 1.165) is 23.7 Å². The standard InChI is InChI=1S/C14H23ClN2/c1-4-7-11(3)10-13(16-5-2)14-12(15)8-6-9-17-14/h6,8-9,11,13,16H,4-5,7,10H2,1-3H3. The van der Waals surface area contributed by atoms with Gasteiger partial charge >= 0.3 is 0 Å². The van der Waals surface area contributed by atoms with E-state index >= 15 is 0 Å². The van der Waals surface area contributed by atoms with Crippen molar-refractivity contribution >= 4 is 11.6 Å². The van der Waals surface area contributed by atoms with E-state index in [4.69, 9.17) is 11.6 Å². The maximum Gasteiger partial charge on any atom is 0.0759 e. The zero-order valence-corrected chi connectivity index (χ0v) is 11.8. The lowest BCUT2D eigenvalue weighted by molar-refractivity contribution is 0.390. The first-order chi connectivity index (χ1) is 8.19. The third kappa shape index (κ3) is 4.64. The van der Waals surface area contributed by atoms with E-state index in [9.17, 15) is 0 Å². The summed E-state index contributed by atoms with van der Waals surface area (Å²) in [5.74, 6) is 0.696. The molecule has 3 heteroatoms. The molecule has 0 amide bonds. The van der Waals surface area contributed by atoms with Gasteiger partial charge in [-0.1, -0.05) is 45.2 Å². The van der Waals surface area contributed by atoms with Crippen molar-refractivity contribution in [1.29, 1.82) is 0 Å². The van der Waals surface area contributed by atoms with Gasteiger partial charge in [0.25, 0.3) is 0 Å². The Kier molecular flexibility index (Phi) is 6.53. The number of hydrogen-bond donors (Lipinski definition) is 1. The fraction of sp³-hybridized carbons (Fsp3) is 0.643. The number of halogens is 1. The molecule has 0 aliphatic rings. The molecule has 0 spiro atoms. The van der Waals surface area contributed by atoms with E-state index in [1.165, 1.54) is 12.8 Å². The van der Waals surface area contributed by atoms with Gasteiger partial charge < -0.3 is 5.32 Å². The van der Waals surface area contributed by atoms with Gasteiger partial charge in [0.15, 0.2) is 0 Å². The summed E-state index contributed by atoms with van der Waals surface area (Å²) in [5, 5.41) is 4.25. The monoisotopic (exact) mass is 254 g/mol. The average molecular weight is 255 g/mol. The second kappa shape index (κ2) is 7.67. The molecule has 96 valence electrons. The molecule has 2 unspecified atom stereocenters. The first-order valence-electron chi connectivity index (χ1n) is 6.52. The van der Waals surface area contributed by atoms with Crippen molar-refractivity contribution in [1.82, 2.24) is 10.3 Å². The molecule has 0 saturated heterocycles. The fourth-order valence-electron chi connectivity index (χ4n) is 2.21. The highest BCUT2D eigenvalue weighted by Gasteiger charge is 2.17. The Labute approximate surface area is 110 Å². The van der Waals surface area contributed by atoms with Gasteiger partial charge in [-0.25, -0.2) is 0 Å². The lowest BCUT2D eigenvalue weighted by Gasteiger charge is -2.22. The summed E-state index contributed by atoms with van der Waals surface area (Å²) < 4.78 is 0. The van der Waals surface area contributed by atoms with Crippen molar-refractivity contribution in [3.8, 4) is 0 Å². The van der Waals surface area contributed by atoms with Gasteiger partial charge in [-0.05, 0) is 31.0 Å². The highest BCUT2D eigenvalue weighted by atomic mass is 35.5. The first-order valence-corrected chi connectivity index (χ1v) is 6.90. The van der Waals surface area contributed by atoms with Crippen LogP contribution in [0.1, 0.15) is 51.8 Å². The van der Waals surface area contributed by atoms with Crippen LogP contribution in [0.3, 0.4) is 0 Å². The third-order valence-corrected chi connectivity index (χ3v) is 3.31. The number of pyridine rings is 1. The molecule has 0 bridgehead atoms. The van der Waals surface area contributed by atoms with Crippen LogP contribution in [0.2, 0.25) is 5.02 Å². The molecular formula is C14H23ClN2. The fourth-order valence-corrected chi connectivity index (χ4v) is 2.46. The Morgan fingerprint density at radius 2 is 2.18 bits per heavy atom. The second-order valence-electron chi connectivity index (χ2n) is 4.61. The quantitative estimate of drug-likeness (QED) is 0.788. The zero-order valence-electron chi connectivity index (χ0n) is 11.0. The molecule has 0 aromatic carbocycles. The van der Waals surface area contributed by atoms with Crippen LogP contribution < -0.4 is 5.32 Å². The molecule has 1 N–H and O–H groups in total. The van der Waals surface area contributed by atoms with Crippen molar-refractivity contribution in [2.75, 3.05) is 6.54 Å². The third-order valence-electron chi connectivity index (χ3n) is 2.99. The maximum absolute atomic E-state index is 6.21. The second-order valence-corrected chi connectivity index (χ2v) is 5.02. The van der Waals surface area contributed by atoms with Crippen molar-refractivity contribution in [2.45, 2.75) is 46.1 Å². The molecule has 0 saturated carbocycles. The molecule has 1 rings (SSSR count). The van der Waals surface area contributed by atoms with Crippen molar-refractivity contribution in [3.05, 3.63) is 29.0 Å². The van der Waals surface area contributed by atoms with Gasteiger partial charge in [0.05, 0.1) is 16.8 Å². The molecule has 1 aromatic rings. The van der Waals surface area contributed by atoms with Crippen LogP contribution in [-0.2, 0) is 0 Å². The SMILES string of the molecule is CCCC(C)CC(NCC)c1ncccc1Cl. The Morgan fingerprint density at radius 3 is 2.76 bits per heavy atom. The first kappa shape index (κ1) is 14.5. The molecule has 2 nitrogen and oxygen atoms in total. The minimum Gasteiger partial charge on any atom is -0.309 e. The van der Waals surface area contributed by atoms with Crippen molar-refractivity contribution < 1.29 is 0 Å². The highest BCUT2D eigenvalue weighted by Crippen LogP contribution is 2.27. The van der Waals surface area contributed by atoms with E-state index < -0.39 is 0 Å². The molecule has 1 heterocycles. The minimum absolute atomic E-state index is 0.273. The average Bonchev–Trinajstić information content (AvgIpc) is 2.29. The lowest BCUT2D eigenvalue weighted by atomic mass is 9.95. The molecule has 0 aliphatic heterocycles. The van der Waals surface area contributed by atoms with E-state index in [1.54, 1.807) is 0 Å². The zero-order chi connectivity index (χ0) is 12.7. The van der Waals surface area contributed by atoms with Gasteiger partial charge in [-0.15, -0.1) is 0 Å². The molecule has 1 aromatic heterocycles. The van der Waals surface area contributed by atoms with E-state index in [-0.39, 0.29) is 6.04 Å². The number of aromatic nitrogens is 1. The van der Waals surface area contributed by atoms with Crippen LogP contribution in [0, 0.1) is 5.92 Å².